The molecule has 9 heteroatoms. The third kappa shape index (κ3) is 3.02. The Morgan fingerprint density at radius 2 is 1.55 bits per heavy atom. The van der Waals surface area contributed by atoms with Crippen molar-refractivity contribution < 1.29 is 28.8 Å². The number of non-ortho nitro benzene ring substituents is 1. The summed E-state index contributed by atoms with van der Waals surface area (Å²) >= 11 is 0. The Labute approximate surface area is 217 Å². The first kappa shape index (κ1) is 23.9. The Hall–Kier alpha value is -4.50. The van der Waals surface area contributed by atoms with Gasteiger partial charge in [0, 0.05) is 23.3 Å². The van der Waals surface area contributed by atoms with E-state index in [9.17, 15) is 29.3 Å². The topological polar surface area (TPSA) is 124 Å². The molecule has 38 heavy (non-hydrogen) atoms. The van der Waals surface area contributed by atoms with Crippen molar-refractivity contribution in [1.82, 2.24) is 0 Å². The second kappa shape index (κ2) is 8.26. The van der Waals surface area contributed by atoms with E-state index in [1.54, 1.807) is 31.2 Å². The molecule has 3 aromatic carbocycles. The van der Waals surface area contributed by atoms with Gasteiger partial charge in [0.25, 0.3) is 5.69 Å². The number of nitrogens with zero attached hydrogens (tertiary/aromatic N) is 2. The number of imide groups is 1. The molecule has 2 heterocycles. The molecule has 1 aliphatic carbocycles. The number of hydrogen-bond donors (Lipinski definition) is 0. The van der Waals surface area contributed by atoms with Gasteiger partial charge in [-0.05, 0) is 36.1 Å². The second-order valence-corrected chi connectivity index (χ2v) is 9.82. The summed E-state index contributed by atoms with van der Waals surface area (Å²) in [5.74, 6) is -5.14. The van der Waals surface area contributed by atoms with Gasteiger partial charge in [-0.1, -0.05) is 55.5 Å². The van der Waals surface area contributed by atoms with Gasteiger partial charge in [-0.25, -0.2) is 4.90 Å². The van der Waals surface area contributed by atoms with E-state index in [-0.39, 0.29) is 22.5 Å². The molecule has 1 spiro atoms. The molecule has 6 rings (SSSR count). The smallest absolute Gasteiger partial charge is 0.269 e. The molecule has 0 unspecified atom stereocenters. The lowest BCUT2D eigenvalue weighted by atomic mass is 9.77. The van der Waals surface area contributed by atoms with Crippen LogP contribution in [0, 0.1) is 28.9 Å². The summed E-state index contributed by atoms with van der Waals surface area (Å²) in [6, 6.07) is 17.5. The molecular weight excluding hydrogens is 488 g/mol. The molecule has 2 fully saturated rings. The number of benzene rings is 3. The third-order valence-electron chi connectivity index (χ3n) is 7.87. The fourth-order valence-electron chi connectivity index (χ4n) is 6.00. The molecule has 3 aromatic rings. The molecule has 0 saturated carbocycles. The highest BCUT2D eigenvalue weighted by Gasteiger charge is 2.74. The Morgan fingerprint density at radius 3 is 2.11 bits per heavy atom. The van der Waals surface area contributed by atoms with E-state index in [2.05, 4.69) is 0 Å². The van der Waals surface area contributed by atoms with Crippen LogP contribution in [0.3, 0.4) is 0 Å². The second-order valence-electron chi connectivity index (χ2n) is 9.82. The van der Waals surface area contributed by atoms with Gasteiger partial charge in [0.2, 0.25) is 29.0 Å². The summed E-state index contributed by atoms with van der Waals surface area (Å²) in [6.45, 7) is 3.56. The fourth-order valence-corrected chi connectivity index (χ4v) is 6.00. The van der Waals surface area contributed by atoms with Crippen molar-refractivity contribution in [3.05, 3.63) is 105 Å². The quantitative estimate of drug-likeness (QED) is 0.223. The van der Waals surface area contributed by atoms with E-state index in [1.165, 1.54) is 30.3 Å². The molecular formula is C29H22N2O7. The molecule has 0 aromatic heterocycles. The lowest BCUT2D eigenvalue weighted by Crippen LogP contribution is -2.51. The minimum Gasteiger partial charge on any atom is -0.349 e. The molecule has 2 aliphatic heterocycles. The Balaban J connectivity index is 1.52. The van der Waals surface area contributed by atoms with Crippen LogP contribution in [0.2, 0.25) is 0 Å². The number of fused-ring (bicyclic) bond motifs is 3. The highest BCUT2D eigenvalue weighted by molar-refractivity contribution is 6.37. The minimum atomic E-state index is -2.17. The Kier molecular flexibility index (Phi) is 5.19. The lowest BCUT2D eigenvalue weighted by molar-refractivity contribution is -0.384. The van der Waals surface area contributed by atoms with Crippen LogP contribution in [0.1, 0.15) is 50.4 Å². The molecule has 0 bridgehead atoms. The zero-order valence-corrected chi connectivity index (χ0v) is 20.5. The Bertz CT molecular complexity index is 1540. The average Bonchev–Trinajstić information content (AvgIpc) is 3.49. The van der Waals surface area contributed by atoms with Crippen molar-refractivity contribution >= 4 is 34.8 Å². The molecule has 0 radical (unpaired) electrons. The van der Waals surface area contributed by atoms with E-state index in [0.717, 1.165) is 16.9 Å². The zero-order chi connectivity index (χ0) is 26.9. The lowest BCUT2D eigenvalue weighted by Gasteiger charge is -2.27. The highest BCUT2D eigenvalue weighted by Crippen LogP contribution is 2.58. The maximum Gasteiger partial charge on any atom is 0.269 e. The number of carbonyl (C=O) groups is 4. The number of anilines is 1. The summed E-state index contributed by atoms with van der Waals surface area (Å²) in [5.41, 5.74) is 0.100. The SMILES string of the molecule is CCc1ccc([C@@H]2OC3(C(=O)c4ccccc4C3=O)[C@@H]3C(=O)N(c4ccc([N+](=O)[O-])cc4C)C(=O)[C@H]32)cc1. The van der Waals surface area contributed by atoms with Crippen molar-refractivity contribution in [3.8, 4) is 0 Å². The van der Waals surface area contributed by atoms with Crippen LogP contribution >= 0.6 is 0 Å². The van der Waals surface area contributed by atoms with Crippen molar-refractivity contribution in [2.45, 2.75) is 32.0 Å². The maximum atomic E-state index is 14.0. The van der Waals surface area contributed by atoms with Gasteiger partial charge in [0.05, 0.1) is 28.6 Å². The summed E-state index contributed by atoms with van der Waals surface area (Å²) in [6.07, 6.45) is -0.230. The number of nitro benzene ring substituents is 1. The summed E-state index contributed by atoms with van der Waals surface area (Å²) in [7, 11) is 0. The fraction of sp³-hybridized carbons (Fsp3) is 0.241. The normalized spacial score (nSPS) is 23.3. The van der Waals surface area contributed by atoms with Crippen LogP contribution in [-0.2, 0) is 20.7 Å². The molecule has 2 amide bonds. The van der Waals surface area contributed by atoms with Crippen molar-refractivity contribution in [2.24, 2.45) is 11.8 Å². The first-order valence-electron chi connectivity index (χ1n) is 12.3. The predicted octanol–water partition coefficient (Wildman–Crippen LogP) is 4.16. The largest absolute Gasteiger partial charge is 0.349 e. The zero-order valence-electron chi connectivity index (χ0n) is 20.5. The van der Waals surface area contributed by atoms with Gasteiger partial charge >= 0.3 is 0 Å². The van der Waals surface area contributed by atoms with Crippen LogP contribution in [0.4, 0.5) is 11.4 Å². The van der Waals surface area contributed by atoms with Crippen LogP contribution in [0.25, 0.3) is 0 Å². The number of aryl methyl sites for hydroxylation is 2. The van der Waals surface area contributed by atoms with Gasteiger partial charge in [-0.15, -0.1) is 0 Å². The van der Waals surface area contributed by atoms with E-state index in [4.69, 9.17) is 4.74 Å². The molecule has 2 saturated heterocycles. The molecule has 0 N–H and O–H groups in total. The number of Topliss-reactive ketones (excluding diaryl/α,β-unsaturated/α-hetero) is 2. The van der Waals surface area contributed by atoms with Gasteiger partial charge in [-0.3, -0.25) is 29.3 Å². The monoisotopic (exact) mass is 510 g/mol. The Morgan fingerprint density at radius 1 is 0.921 bits per heavy atom. The molecule has 3 atom stereocenters. The summed E-state index contributed by atoms with van der Waals surface area (Å²) in [5, 5.41) is 11.2. The number of amides is 2. The van der Waals surface area contributed by atoms with Gasteiger partial charge in [-0.2, -0.15) is 0 Å². The third-order valence-corrected chi connectivity index (χ3v) is 7.87. The molecule has 190 valence electrons. The van der Waals surface area contributed by atoms with Crippen LogP contribution in [0.15, 0.2) is 66.7 Å². The van der Waals surface area contributed by atoms with Crippen LogP contribution < -0.4 is 4.90 Å². The maximum absolute atomic E-state index is 14.0. The highest BCUT2D eigenvalue weighted by atomic mass is 16.6. The summed E-state index contributed by atoms with van der Waals surface area (Å²) in [4.78, 5) is 67.3. The standard InChI is InChI=1S/C29H22N2O7/c1-3-16-8-10-17(11-9-16)24-22-23(29(38-24)25(32)19-6-4-5-7-20(19)26(29)33)28(35)30(27(22)34)21-13-12-18(31(36)37)14-15(21)2/h4-14,22-24H,3H2,1-2H3/t22-,23+,24+/m1/s1. The number of carbonyl (C=O) groups excluding carboxylic acids is 4. The van der Waals surface area contributed by atoms with Gasteiger partial charge in [0.1, 0.15) is 0 Å². The number of hydrogen-bond acceptors (Lipinski definition) is 7. The number of ketones is 2. The average molecular weight is 511 g/mol. The molecule has 3 aliphatic rings. The molecule has 9 nitrogen and oxygen atoms in total. The minimum absolute atomic E-state index is 0.156. The van der Waals surface area contributed by atoms with Crippen molar-refractivity contribution in [2.75, 3.05) is 4.90 Å². The van der Waals surface area contributed by atoms with Crippen molar-refractivity contribution in [1.29, 1.82) is 0 Å². The van der Waals surface area contributed by atoms with Gasteiger partial charge in [0.15, 0.2) is 0 Å². The van der Waals surface area contributed by atoms with E-state index < -0.39 is 51.8 Å². The van der Waals surface area contributed by atoms with Crippen molar-refractivity contribution in [3.63, 3.8) is 0 Å². The van der Waals surface area contributed by atoms with E-state index in [0.29, 0.717) is 11.1 Å². The first-order valence-corrected chi connectivity index (χ1v) is 12.3. The number of nitro groups is 1. The number of ether oxygens (including phenoxy) is 1. The van der Waals surface area contributed by atoms with E-state index in [1.807, 2.05) is 19.1 Å². The predicted molar refractivity (Wildman–Crippen MR) is 135 cm³/mol. The van der Waals surface area contributed by atoms with Crippen LogP contribution in [0.5, 0.6) is 0 Å². The number of rotatable bonds is 4. The van der Waals surface area contributed by atoms with Crippen LogP contribution in [-0.4, -0.2) is 33.9 Å². The van der Waals surface area contributed by atoms with Gasteiger partial charge < -0.3 is 4.74 Å². The van der Waals surface area contributed by atoms with E-state index >= 15 is 0 Å². The first-order chi connectivity index (χ1) is 18.2. The summed E-state index contributed by atoms with van der Waals surface area (Å²) < 4.78 is 6.29.